The summed E-state index contributed by atoms with van der Waals surface area (Å²) in [5.74, 6) is 0.560. The third-order valence-electron chi connectivity index (χ3n) is 3.68. The number of unbranched alkanes of at least 4 members (excludes halogenated alkanes) is 1. The van der Waals surface area contributed by atoms with Gasteiger partial charge in [-0.15, -0.1) is 10.2 Å². The van der Waals surface area contributed by atoms with Gasteiger partial charge >= 0.3 is 0 Å². The van der Waals surface area contributed by atoms with E-state index in [0.29, 0.717) is 5.13 Å². The quantitative estimate of drug-likeness (QED) is 0.836. The zero-order valence-corrected chi connectivity index (χ0v) is 14.9. The third-order valence-corrected chi connectivity index (χ3v) is 4.58. The topological polar surface area (TPSA) is 64.1 Å². The Hall–Kier alpha value is -1.95. The molecule has 1 heterocycles. The van der Waals surface area contributed by atoms with Crippen LogP contribution in [0.15, 0.2) is 12.1 Å². The van der Waals surface area contributed by atoms with Crippen molar-refractivity contribution in [3.63, 3.8) is 0 Å². The zero-order chi connectivity index (χ0) is 16.8. The van der Waals surface area contributed by atoms with Crippen molar-refractivity contribution in [3.8, 4) is 5.75 Å². The van der Waals surface area contributed by atoms with E-state index < -0.39 is 0 Å². The van der Waals surface area contributed by atoms with E-state index in [2.05, 4.69) is 28.5 Å². The van der Waals surface area contributed by atoms with E-state index in [0.717, 1.165) is 46.7 Å². The van der Waals surface area contributed by atoms with Gasteiger partial charge in [0.15, 0.2) is 6.61 Å². The number of aryl methyl sites for hydroxylation is 3. The van der Waals surface area contributed by atoms with Gasteiger partial charge in [0.25, 0.3) is 5.91 Å². The number of benzene rings is 1. The molecular weight excluding hydrogens is 310 g/mol. The van der Waals surface area contributed by atoms with E-state index >= 15 is 0 Å². The second kappa shape index (κ2) is 8.06. The van der Waals surface area contributed by atoms with Crippen molar-refractivity contribution >= 4 is 22.4 Å². The van der Waals surface area contributed by atoms with Crippen LogP contribution in [0.5, 0.6) is 5.75 Å². The summed E-state index contributed by atoms with van der Waals surface area (Å²) in [6, 6.07) is 4.05. The molecule has 0 aliphatic carbocycles. The Morgan fingerprint density at radius 3 is 2.70 bits per heavy atom. The van der Waals surface area contributed by atoms with Crippen LogP contribution < -0.4 is 10.1 Å². The molecule has 0 unspecified atom stereocenters. The summed E-state index contributed by atoms with van der Waals surface area (Å²) in [5, 5.41) is 12.3. The van der Waals surface area contributed by atoms with Crippen molar-refractivity contribution in [2.24, 2.45) is 0 Å². The lowest BCUT2D eigenvalue weighted by Crippen LogP contribution is -2.20. The van der Waals surface area contributed by atoms with Crippen LogP contribution in [0, 0.1) is 20.8 Å². The minimum Gasteiger partial charge on any atom is -0.483 e. The summed E-state index contributed by atoms with van der Waals surface area (Å²) in [6.45, 7) is 8.11. The fourth-order valence-corrected chi connectivity index (χ4v) is 2.97. The minimum atomic E-state index is -0.219. The summed E-state index contributed by atoms with van der Waals surface area (Å²) >= 11 is 1.42. The highest BCUT2D eigenvalue weighted by Gasteiger charge is 2.11. The lowest BCUT2D eigenvalue weighted by molar-refractivity contribution is -0.118. The van der Waals surface area contributed by atoms with Crippen molar-refractivity contribution in [1.29, 1.82) is 0 Å². The highest BCUT2D eigenvalue weighted by atomic mass is 32.1. The number of nitrogens with zero attached hydrogens (tertiary/aromatic N) is 2. The lowest BCUT2D eigenvalue weighted by atomic mass is 10.1. The second-order valence-electron chi connectivity index (χ2n) is 5.59. The fourth-order valence-electron chi connectivity index (χ4n) is 2.17. The van der Waals surface area contributed by atoms with Crippen molar-refractivity contribution in [2.75, 3.05) is 11.9 Å². The van der Waals surface area contributed by atoms with Gasteiger partial charge in [-0.25, -0.2) is 0 Å². The summed E-state index contributed by atoms with van der Waals surface area (Å²) in [5.41, 5.74) is 3.24. The van der Waals surface area contributed by atoms with E-state index in [1.165, 1.54) is 11.3 Å². The monoisotopic (exact) mass is 333 g/mol. The van der Waals surface area contributed by atoms with Gasteiger partial charge in [0.05, 0.1) is 0 Å². The van der Waals surface area contributed by atoms with Crippen LogP contribution in [0.2, 0.25) is 0 Å². The Labute approximate surface area is 141 Å². The van der Waals surface area contributed by atoms with Crippen LogP contribution in [0.3, 0.4) is 0 Å². The normalized spacial score (nSPS) is 10.6. The number of carbonyl (C=O) groups is 1. The summed E-state index contributed by atoms with van der Waals surface area (Å²) in [4.78, 5) is 12.0. The van der Waals surface area contributed by atoms with Crippen molar-refractivity contribution in [1.82, 2.24) is 10.2 Å². The Balaban J connectivity index is 1.90. The fraction of sp³-hybridized carbons (Fsp3) is 0.471. The van der Waals surface area contributed by atoms with Gasteiger partial charge in [-0.3, -0.25) is 10.1 Å². The Kier molecular flexibility index (Phi) is 6.10. The second-order valence-corrected chi connectivity index (χ2v) is 6.66. The van der Waals surface area contributed by atoms with Gasteiger partial charge in [-0.05, 0) is 43.9 Å². The minimum absolute atomic E-state index is 0.0327. The van der Waals surface area contributed by atoms with E-state index in [1.807, 2.05) is 26.8 Å². The SMILES string of the molecule is CCCCc1nnc(NC(=O)COc2c(C)ccc(C)c2C)s1. The predicted molar refractivity (Wildman–Crippen MR) is 93.3 cm³/mol. The Morgan fingerprint density at radius 2 is 1.96 bits per heavy atom. The number of aromatic nitrogens is 2. The molecule has 0 saturated heterocycles. The first-order chi connectivity index (χ1) is 11.0. The molecular formula is C17H23N3O2S. The molecule has 0 aliphatic heterocycles. The molecule has 1 N–H and O–H groups in total. The average molecular weight is 333 g/mol. The van der Waals surface area contributed by atoms with E-state index in [9.17, 15) is 4.79 Å². The maximum atomic E-state index is 12.0. The summed E-state index contributed by atoms with van der Waals surface area (Å²) in [6.07, 6.45) is 3.10. The molecule has 6 heteroatoms. The van der Waals surface area contributed by atoms with Gasteiger partial charge in [0.1, 0.15) is 10.8 Å². The largest absolute Gasteiger partial charge is 0.483 e. The number of rotatable bonds is 7. The van der Waals surface area contributed by atoms with Crippen molar-refractivity contribution < 1.29 is 9.53 Å². The van der Waals surface area contributed by atoms with E-state index in [1.54, 1.807) is 0 Å². The molecule has 2 rings (SSSR count). The highest BCUT2D eigenvalue weighted by molar-refractivity contribution is 7.15. The van der Waals surface area contributed by atoms with Crippen molar-refractivity contribution in [3.05, 3.63) is 33.8 Å². The number of nitrogens with one attached hydrogen (secondary N) is 1. The number of hydrogen-bond donors (Lipinski definition) is 1. The van der Waals surface area contributed by atoms with Crippen LogP contribution in [0.4, 0.5) is 5.13 Å². The zero-order valence-electron chi connectivity index (χ0n) is 14.1. The number of carbonyl (C=O) groups excluding carboxylic acids is 1. The Morgan fingerprint density at radius 1 is 1.22 bits per heavy atom. The molecule has 23 heavy (non-hydrogen) atoms. The van der Waals surface area contributed by atoms with Crippen LogP contribution in [0.25, 0.3) is 0 Å². The first kappa shape index (κ1) is 17.4. The molecule has 0 atom stereocenters. The molecule has 5 nitrogen and oxygen atoms in total. The maximum Gasteiger partial charge on any atom is 0.264 e. The van der Waals surface area contributed by atoms with Crippen LogP contribution in [0.1, 0.15) is 41.5 Å². The summed E-state index contributed by atoms with van der Waals surface area (Å²) in [7, 11) is 0. The molecule has 1 amide bonds. The average Bonchev–Trinajstić information content (AvgIpc) is 2.96. The predicted octanol–water partition coefficient (Wildman–Crippen LogP) is 3.82. The van der Waals surface area contributed by atoms with Gasteiger partial charge < -0.3 is 4.74 Å². The number of amides is 1. The molecule has 0 radical (unpaired) electrons. The van der Waals surface area contributed by atoms with Crippen LogP contribution in [-0.4, -0.2) is 22.7 Å². The molecule has 0 bridgehead atoms. The van der Waals surface area contributed by atoms with Crippen molar-refractivity contribution in [2.45, 2.75) is 47.0 Å². The molecule has 1 aromatic heterocycles. The third kappa shape index (κ3) is 4.76. The van der Waals surface area contributed by atoms with E-state index in [4.69, 9.17) is 4.74 Å². The summed E-state index contributed by atoms with van der Waals surface area (Å²) < 4.78 is 5.70. The smallest absolute Gasteiger partial charge is 0.264 e. The molecule has 0 fully saturated rings. The van der Waals surface area contributed by atoms with Gasteiger partial charge in [0.2, 0.25) is 5.13 Å². The van der Waals surface area contributed by atoms with Gasteiger partial charge in [0, 0.05) is 6.42 Å². The molecule has 124 valence electrons. The Bertz CT molecular complexity index is 682. The highest BCUT2D eigenvalue weighted by Crippen LogP contribution is 2.25. The first-order valence-electron chi connectivity index (χ1n) is 7.83. The van der Waals surface area contributed by atoms with Gasteiger partial charge in [-0.2, -0.15) is 0 Å². The molecule has 0 saturated carbocycles. The van der Waals surface area contributed by atoms with Crippen LogP contribution in [-0.2, 0) is 11.2 Å². The van der Waals surface area contributed by atoms with E-state index in [-0.39, 0.29) is 12.5 Å². The molecule has 1 aromatic carbocycles. The molecule has 2 aromatic rings. The molecule has 0 spiro atoms. The number of anilines is 1. The standard InChI is InChI=1S/C17H23N3O2S/c1-5-6-7-15-19-20-17(23-15)18-14(21)10-22-16-12(3)9-8-11(2)13(16)4/h8-9H,5-7,10H2,1-4H3,(H,18,20,21). The first-order valence-corrected chi connectivity index (χ1v) is 8.64. The molecule has 0 aliphatic rings. The maximum absolute atomic E-state index is 12.0. The lowest BCUT2D eigenvalue weighted by Gasteiger charge is -2.13. The van der Waals surface area contributed by atoms with Crippen LogP contribution >= 0.6 is 11.3 Å². The number of ether oxygens (including phenoxy) is 1. The number of hydrogen-bond acceptors (Lipinski definition) is 5. The van der Waals surface area contributed by atoms with Gasteiger partial charge in [-0.1, -0.05) is 36.8 Å².